The minimum atomic E-state index is -4.17. The molecule has 11 nitrogen and oxygen atoms in total. The Kier molecular flexibility index (Phi) is 6.10. The summed E-state index contributed by atoms with van der Waals surface area (Å²) in [6.45, 7) is 3.65. The lowest BCUT2D eigenvalue weighted by Gasteiger charge is -2.20. The van der Waals surface area contributed by atoms with Crippen LogP contribution in [-0.4, -0.2) is 28.3 Å². The van der Waals surface area contributed by atoms with E-state index in [9.17, 15) is 13.2 Å². The van der Waals surface area contributed by atoms with Crippen LogP contribution >= 0.6 is 11.6 Å². The van der Waals surface area contributed by atoms with Crippen molar-refractivity contribution in [2.45, 2.75) is 24.9 Å². The molecule has 0 fully saturated rings. The number of halogens is 1. The summed E-state index contributed by atoms with van der Waals surface area (Å²) in [5, 5.41) is 16.4. The molecular weight excluding hydrogens is 520 g/mol. The van der Waals surface area contributed by atoms with E-state index in [4.69, 9.17) is 25.7 Å². The van der Waals surface area contributed by atoms with Gasteiger partial charge in [0.2, 0.25) is 5.43 Å². The molecule has 0 amide bonds. The van der Waals surface area contributed by atoms with Crippen LogP contribution in [0, 0.1) is 6.92 Å². The highest BCUT2D eigenvalue weighted by Gasteiger charge is 2.25. The number of sulfonamides is 1. The van der Waals surface area contributed by atoms with E-state index in [1.54, 1.807) is 37.1 Å². The Morgan fingerprint density at radius 3 is 2.62 bits per heavy atom. The van der Waals surface area contributed by atoms with Gasteiger partial charge in [-0.1, -0.05) is 22.8 Å². The van der Waals surface area contributed by atoms with Gasteiger partial charge in [-0.3, -0.25) is 9.48 Å². The third-order valence-corrected chi connectivity index (χ3v) is 6.85. The quantitative estimate of drug-likeness (QED) is 0.303. The van der Waals surface area contributed by atoms with Gasteiger partial charge in [-0.15, -0.1) is 0 Å². The van der Waals surface area contributed by atoms with Crippen LogP contribution in [0.2, 0.25) is 5.15 Å². The lowest BCUT2D eigenvalue weighted by molar-refractivity contribution is 0.420. The first-order chi connectivity index (χ1) is 17.5. The van der Waals surface area contributed by atoms with Crippen LogP contribution in [0.25, 0.3) is 33.4 Å². The molecule has 0 saturated carbocycles. The van der Waals surface area contributed by atoms with Gasteiger partial charge in [-0.25, -0.2) is 18.5 Å². The van der Waals surface area contributed by atoms with Crippen LogP contribution in [0.15, 0.2) is 67.9 Å². The van der Waals surface area contributed by atoms with Crippen molar-refractivity contribution in [3.8, 4) is 22.5 Å². The Bertz CT molecular complexity index is 1810. The molecule has 5 rings (SSSR count). The number of hydrogen-bond acceptors (Lipinski definition) is 9. The molecule has 0 aliphatic rings. The second kappa shape index (κ2) is 9.14. The van der Waals surface area contributed by atoms with Crippen LogP contribution in [0.4, 0.5) is 5.69 Å². The number of aromatic nitrogens is 4. The maximum absolute atomic E-state index is 13.8. The molecule has 1 aromatic carbocycles. The Hall–Kier alpha value is -4.00. The molecule has 37 heavy (non-hydrogen) atoms. The van der Waals surface area contributed by atoms with Crippen molar-refractivity contribution in [3.63, 3.8) is 0 Å². The van der Waals surface area contributed by atoms with E-state index >= 15 is 0 Å². The molecule has 0 radical (unpaired) electrons. The first kappa shape index (κ1) is 24.7. The highest BCUT2D eigenvalue weighted by atomic mass is 35.5. The maximum Gasteiger partial charge on any atom is 0.257 e. The number of nitrogens with zero attached hydrogens (tertiary/aromatic N) is 4. The monoisotopic (exact) mass is 540 g/mol. The fourth-order valence-electron chi connectivity index (χ4n) is 4.18. The number of anilines is 1. The summed E-state index contributed by atoms with van der Waals surface area (Å²) in [7, 11) is -2.41. The summed E-state index contributed by atoms with van der Waals surface area (Å²) >= 11 is 5.90. The van der Waals surface area contributed by atoms with Gasteiger partial charge >= 0.3 is 0 Å². The minimum Gasteiger partial charge on any atom is -0.455 e. The zero-order valence-electron chi connectivity index (χ0n) is 19.9. The molecule has 0 bridgehead atoms. The summed E-state index contributed by atoms with van der Waals surface area (Å²) in [5.74, 6) is 0.296. The highest BCUT2D eigenvalue weighted by molar-refractivity contribution is 7.89. The van der Waals surface area contributed by atoms with Crippen molar-refractivity contribution in [1.82, 2.24) is 19.9 Å². The van der Waals surface area contributed by atoms with E-state index < -0.39 is 21.1 Å². The summed E-state index contributed by atoms with van der Waals surface area (Å²) in [6, 6.07) is 5.99. The van der Waals surface area contributed by atoms with E-state index in [0.29, 0.717) is 33.4 Å². The molecule has 0 aliphatic heterocycles. The van der Waals surface area contributed by atoms with Crippen LogP contribution in [-0.2, 0) is 17.1 Å². The van der Waals surface area contributed by atoms with Crippen molar-refractivity contribution in [3.05, 3.63) is 75.6 Å². The molecule has 1 unspecified atom stereocenters. The van der Waals surface area contributed by atoms with Gasteiger partial charge < -0.3 is 14.3 Å². The van der Waals surface area contributed by atoms with Gasteiger partial charge in [-0.05, 0) is 37.6 Å². The second-order valence-corrected chi connectivity index (χ2v) is 10.4. The molecule has 3 N–H and O–H groups in total. The smallest absolute Gasteiger partial charge is 0.257 e. The number of benzene rings is 1. The van der Waals surface area contributed by atoms with Crippen molar-refractivity contribution < 1.29 is 17.4 Å². The van der Waals surface area contributed by atoms with Crippen LogP contribution in [0.1, 0.15) is 24.1 Å². The number of fused-ring (bicyclic) bond motifs is 1. The molecule has 0 saturated heterocycles. The van der Waals surface area contributed by atoms with E-state index in [0.717, 1.165) is 5.56 Å². The molecule has 4 aromatic heterocycles. The van der Waals surface area contributed by atoms with Crippen LogP contribution < -0.4 is 15.9 Å². The zero-order valence-corrected chi connectivity index (χ0v) is 21.5. The summed E-state index contributed by atoms with van der Waals surface area (Å²) < 4.78 is 37.3. The van der Waals surface area contributed by atoms with Gasteiger partial charge in [0.25, 0.3) is 10.0 Å². The van der Waals surface area contributed by atoms with E-state index in [1.165, 1.54) is 24.6 Å². The zero-order chi connectivity index (χ0) is 26.5. The number of aryl methyl sites for hydroxylation is 2. The highest BCUT2D eigenvalue weighted by Crippen LogP contribution is 2.36. The molecule has 190 valence electrons. The molecule has 0 spiro atoms. The number of rotatable bonds is 6. The van der Waals surface area contributed by atoms with Gasteiger partial charge in [0.15, 0.2) is 5.03 Å². The molecule has 5 aromatic rings. The molecule has 4 heterocycles. The Labute approximate surface area is 215 Å². The van der Waals surface area contributed by atoms with Crippen molar-refractivity contribution in [2.75, 3.05) is 5.32 Å². The number of pyridine rings is 1. The lowest BCUT2D eigenvalue weighted by atomic mass is 9.97. The number of nitrogens with one attached hydrogen (secondary N) is 1. The molecule has 13 heteroatoms. The third-order valence-electron chi connectivity index (χ3n) is 5.79. The van der Waals surface area contributed by atoms with Crippen molar-refractivity contribution in [1.29, 1.82) is 0 Å². The normalized spacial score (nSPS) is 12.7. The Morgan fingerprint density at radius 1 is 1.19 bits per heavy atom. The van der Waals surface area contributed by atoms with Gasteiger partial charge in [0.1, 0.15) is 22.8 Å². The Balaban J connectivity index is 1.73. The third kappa shape index (κ3) is 4.61. The summed E-state index contributed by atoms with van der Waals surface area (Å²) in [5.41, 5.74) is 2.96. The Morgan fingerprint density at radius 2 is 1.97 bits per heavy atom. The van der Waals surface area contributed by atoms with E-state index in [1.807, 2.05) is 13.0 Å². The second-order valence-electron chi connectivity index (χ2n) is 8.58. The topological polar surface area (TPSA) is 159 Å². The van der Waals surface area contributed by atoms with Crippen LogP contribution in [0.3, 0.4) is 0 Å². The van der Waals surface area contributed by atoms with Gasteiger partial charge in [-0.2, -0.15) is 5.10 Å². The summed E-state index contributed by atoms with van der Waals surface area (Å²) in [6.07, 6.45) is 6.14. The van der Waals surface area contributed by atoms with Gasteiger partial charge in [0, 0.05) is 24.4 Å². The standard InChI is InChI=1S/C24H21ClN6O5S/c1-12-6-16(13(2)29-18-4-5-19(25)30-24(18)37(26,33)34)23-17(7-12)21(32)20(15-9-28-35-11-15)22(36-23)14-8-27-31(3)10-14/h4-11,13,29H,1-3H3,(H2,26,33,34). The fraction of sp³-hybridized carbons (Fsp3) is 0.167. The largest absolute Gasteiger partial charge is 0.455 e. The number of hydrogen-bond donors (Lipinski definition) is 2. The average Bonchev–Trinajstić information content (AvgIpc) is 3.51. The fourth-order valence-corrected chi connectivity index (χ4v) is 5.04. The molecular formula is C24H21ClN6O5S. The number of primary sulfonamides is 1. The van der Waals surface area contributed by atoms with Gasteiger partial charge in [0.05, 0.1) is 40.6 Å². The summed E-state index contributed by atoms with van der Waals surface area (Å²) in [4.78, 5) is 17.7. The predicted octanol–water partition coefficient (Wildman–Crippen LogP) is 4.03. The van der Waals surface area contributed by atoms with Crippen LogP contribution in [0.5, 0.6) is 0 Å². The average molecular weight is 541 g/mol. The maximum atomic E-state index is 13.8. The van der Waals surface area contributed by atoms with Crippen molar-refractivity contribution in [2.24, 2.45) is 12.2 Å². The molecule has 1 atom stereocenters. The van der Waals surface area contributed by atoms with E-state index in [-0.39, 0.29) is 21.8 Å². The van der Waals surface area contributed by atoms with E-state index in [2.05, 4.69) is 20.6 Å². The first-order valence-corrected chi connectivity index (χ1v) is 12.9. The molecule has 0 aliphatic carbocycles. The predicted molar refractivity (Wildman–Crippen MR) is 138 cm³/mol. The minimum absolute atomic E-state index is 0.0170. The lowest BCUT2D eigenvalue weighted by Crippen LogP contribution is -2.18. The SMILES string of the molecule is Cc1cc(C(C)Nc2ccc(Cl)nc2S(N)(=O)=O)c2oc(-c3cnn(C)c3)c(-c3cnoc3)c(=O)c2c1. The van der Waals surface area contributed by atoms with Crippen molar-refractivity contribution >= 4 is 38.3 Å². The first-order valence-electron chi connectivity index (χ1n) is 11.0. The number of nitrogens with two attached hydrogens (primary N) is 1.